The molecule has 2 aromatic rings. The molecule has 1 aromatic heterocycles. The first-order chi connectivity index (χ1) is 12.1. The van der Waals surface area contributed by atoms with Crippen LogP contribution in [0.3, 0.4) is 0 Å². The zero-order chi connectivity index (χ0) is 18.2. The van der Waals surface area contributed by atoms with Gasteiger partial charge in [-0.05, 0) is 38.3 Å². The Labute approximate surface area is 149 Å². The van der Waals surface area contributed by atoms with Crippen molar-refractivity contribution in [2.45, 2.75) is 52.6 Å². The molecule has 3 rings (SSSR count). The summed E-state index contributed by atoms with van der Waals surface area (Å²) in [6.45, 7) is 7.80. The van der Waals surface area contributed by atoms with E-state index in [0.29, 0.717) is 11.5 Å². The Kier molecular flexibility index (Phi) is 7.13. The van der Waals surface area contributed by atoms with Gasteiger partial charge in [0, 0.05) is 13.1 Å². The van der Waals surface area contributed by atoms with Gasteiger partial charge in [0.15, 0.2) is 11.5 Å². The van der Waals surface area contributed by atoms with Crippen molar-refractivity contribution in [2.75, 3.05) is 18.0 Å². The van der Waals surface area contributed by atoms with E-state index in [4.69, 9.17) is 5.73 Å². The molecule has 1 aliphatic rings. The van der Waals surface area contributed by atoms with E-state index in [1.807, 2.05) is 24.3 Å². The van der Waals surface area contributed by atoms with Crippen LogP contribution in [0.2, 0.25) is 0 Å². The number of benzene rings is 1. The van der Waals surface area contributed by atoms with Gasteiger partial charge in [-0.25, -0.2) is 9.97 Å². The van der Waals surface area contributed by atoms with Crippen molar-refractivity contribution >= 4 is 22.8 Å². The molecule has 1 atom stereocenters. The third-order valence-corrected chi connectivity index (χ3v) is 3.78. The number of carbonyl (C=O) groups is 1. The van der Waals surface area contributed by atoms with E-state index in [-0.39, 0.29) is 5.91 Å². The average Bonchev–Trinajstić information content (AvgIpc) is 2.61. The summed E-state index contributed by atoms with van der Waals surface area (Å²) in [4.78, 5) is 23.8. The van der Waals surface area contributed by atoms with Crippen molar-refractivity contribution in [3.05, 3.63) is 30.0 Å². The van der Waals surface area contributed by atoms with Crippen molar-refractivity contribution in [3.63, 3.8) is 0 Å². The van der Waals surface area contributed by atoms with Gasteiger partial charge in [0.1, 0.15) is 0 Å². The lowest BCUT2D eigenvalue weighted by atomic mass is 10.1. The van der Waals surface area contributed by atoms with Gasteiger partial charge >= 0.3 is 0 Å². The molecule has 0 radical (unpaired) electrons. The van der Waals surface area contributed by atoms with Crippen LogP contribution >= 0.6 is 0 Å². The van der Waals surface area contributed by atoms with E-state index in [1.165, 1.54) is 12.8 Å². The number of aromatic nitrogens is 2. The molecule has 2 heterocycles. The van der Waals surface area contributed by atoms with Gasteiger partial charge in [0.25, 0.3) is 5.91 Å². The SMILES string of the molecule is CC(N)NC(=O)c1nc2ccccc2nc1N1CCCCC1.CCC. The van der Waals surface area contributed by atoms with Gasteiger partial charge in [-0.1, -0.05) is 32.4 Å². The van der Waals surface area contributed by atoms with Crippen LogP contribution in [0.15, 0.2) is 24.3 Å². The first kappa shape index (κ1) is 19.1. The number of rotatable bonds is 3. The molecule has 0 aliphatic carbocycles. The highest BCUT2D eigenvalue weighted by atomic mass is 16.2. The number of anilines is 1. The summed E-state index contributed by atoms with van der Waals surface area (Å²) in [6.07, 6.45) is 4.28. The molecular formula is C19H29N5O. The van der Waals surface area contributed by atoms with Crippen LogP contribution < -0.4 is 16.0 Å². The summed E-state index contributed by atoms with van der Waals surface area (Å²) in [6, 6.07) is 7.61. The summed E-state index contributed by atoms with van der Waals surface area (Å²) < 4.78 is 0. The molecule has 1 fully saturated rings. The number of nitrogens with one attached hydrogen (secondary N) is 1. The first-order valence-electron chi connectivity index (χ1n) is 9.15. The predicted molar refractivity (Wildman–Crippen MR) is 103 cm³/mol. The molecule has 6 heteroatoms. The van der Waals surface area contributed by atoms with Crippen molar-refractivity contribution in [3.8, 4) is 0 Å². The van der Waals surface area contributed by atoms with E-state index in [9.17, 15) is 4.79 Å². The molecule has 136 valence electrons. The Bertz CT molecular complexity index is 695. The molecule has 3 N–H and O–H groups in total. The van der Waals surface area contributed by atoms with Gasteiger partial charge in [-0.15, -0.1) is 0 Å². The second-order valence-electron chi connectivity index (χ2n) is 6.40. The Morgan fingerprint density at radius 2 is 1.72 bits per heavy atom. The number of fused-ring (bicyclic) bond motifs is 1. The Hall–Kier alpha value is -2.21. The molecular weight excluding hydrogens is 314 g/mol. The maximum absolute atomic E-state index is 12.4. The van der Waals surface area contributed by atoms with Crippen LogP contribution in [-0.2, 0) is 0 Å². The molecule has 1 aromatic carbocycles. The fourth-order valence-electron chi connectivity index (χ4n) is 2.74. The van der Waals surface area contributed by atoms with Crippen LogP contribution in [0, 0.1) is 0 Å². The van der Waals surface area contributed by atoms with Gasteiger partial charge in [-0.2, -0.15) is 0 Å². The molecule has 0 spiro atoms. The number of para-hydroxylation sites is 2. The van der Waals surface area contributed by atoms with Gasteiger partial charge in [0.05, 0.1) is 17.2 Å². The van der Waals surface area contributed by atoms with Crippen molar-refractivity contribution in [2.24, 2.45) is 5.73 Å². The highest BCUT2D eigenvalue weighted by Gasteiger charge is 2.23. The van der Waals surface area contributed by atoms with Crippen LogP contribution in [0.25, 0.3) is 11.0 Å². The van der Waals surface area contributed by atoms with Crippen molar-refractivity contribution in [1.29, 1.82) is 0 Å². The summed E-state index contributed by atoms with van der Waals surface area (Å²) in [7, 11) is 0. The molecule has 6 nitrogen and oxygen atoms in total. The van der Waals surface area contributed by atoms with E-state index < -0.39 is 6.17 Å². The number of carbonyl (C=O) groups excluding carboxylic acids is 1. The standard InChI is InChI=1S/C16H21N5O.C3H8/c1-11(17)18-16(22)14-15(21-9-5-2-6-10-21)20-13-8-4-3-7-12(13)19-14;1-3-2/h3-4,7-8,11H,2,5-6,9-10,17H2,1H3,(H,18,22);3H2,1-2H3. The van der Waals surface area contributed by atoms with Crippen LogP contribution in [-0.4, -0.2) is 35.1 Å². The number of nitrogens with zero attached hydrogens (tertiary/aromatic N) is 3. The summed E-state index contributed by atoms with van der Waals surface area (Å²) in [5.41, 5.74) is 7.56. The monoisotopic (exact) mass is 343 g/mol. The fourth-order valence-corrected chi connectivity index (χ4v) is 2.74. The van der Waals surface area contributed by atoms with Crippen molar-refractivity contribution in [1.82, 2.24) is 15.3 Å². The van der Waals surface area contributed by atoms with Crippen molar-refractivity contribution < 1.29 is 4.79 Å². The second kappa shape index (κ2) is 9.32. The van der Waals surface area contributed by atoms with E-state index in [2.05, 4.69) is 34.0 Å². The maximum Gasteiger partial charge on any atom is 0.274 e. The van der Waals surface area contributed by atoms with Gasteiger partial charge in [0.2, 0.25) is 0 Å². The molecule has 1 aliphatic heterocycles. The lowest BCUT2D eigenvalue weighted by Gasteiger charge is -2.29. The van der Waals surface area contributed by atoms with E-state index >= 15 is 0 Å². The number of nitrogens with two attached hydrogens (primary N) is 1. The van der Waals surface area contributed by atoms with Crippen LogP contribution in [0.4, 0.5) is 5.82 Å². The highest BCUT2D eigenvalue weighted by Crippen LogP contribution is 2.23. The quantitative estimate of drug-likeness (QED) is 0.837. The minimum atomic E-state index is -0.421. The number of piperidine rings is 1. The predicted octanol–water partition coefficient (Wildman–Crippen LogP) is 3.07. The first-order valence-corrected chi connectivity index (χ1v) is 9.15. The van der Waals surface area contributed by atoms with E-state index in [0.717, 1.165) is 37.0 Å². The largest absolute Gasteiger partial charge is 0.355 e. The topological polar surface area (TPSA) is 84.1 Å². The zero-order valence-corrected chi connectivity index (χ0v) is 15.5. The molecule has 0 saturated carbocycles. The molecule has 1 saturated heterocycles. The maximum atomic E-state index is 12.4. The average molecular weight is 343 g/mol. The summed E-state index contributed by atoms with van der Waals surface area (Å²) >= 11 is 0. The normalized spacial score (nSPS) is 15.3. The highest BCUT2D eigenvalue weighted by molar-refractivity contribution is 5.99. The lowest BCUT2D eigenvalue weighted by molar-refractivity contribution is 0.0936. The third kappa shape index (κ3) is 5.13. The lowest BCUT2D eigenvalue weighted by Crippen LogP contribution is -2.41. The van der Waals surface area contributed by atoms with E-state index in [1.54, 1.807) is 6.92 Å². The number of hydrogen-bond acceptors (Lipinski definition) is 5. The second-order valence-corrected chi connectivity index (χ2v) is 6.40. The van der Waals surface area contributed by atoms with Crippen LogP contribution in [0.1, 0.15) is 56.9 Å². The molecule has 1 unspecified atom stereocenters. The summed E-state index contributed by atoms with van der Waals surface area (Å²) in [5, 5.41) is 2.71. The fraction of sp³-hybridized carbons (Fsp3) is 0.526. The number of hydrogen-bond donors (Lipinski definition) is 2. The minimum Gasteiger partial charge on any atom is -0.355 e. The Morgan fingerprint density at radius 1 is 1.16 bits per heavy atom. The molecule has 0 bridgehead atoms. The summed E-state index contributed by atoms with van der Waals surface area (Å²) in [5.74, 6) is 0.394. The van der Waals surface area contributed by atoms with Gasteiger partial charge < -0.3 is 16.0 Å². The van der Waals surface area contributed by atoms with Crippen LogP contribution in [0.5, 0.6) is 0 Å². The number of amides is 1. The molecule has 1 amide bonds. The zero-order valence-electron chi connectivity index (χ0n) is 15.5. The van der Waals surface area contributed by atoms with Gasteiger partial charge in [-0.3, -0.25) is 4.79 Å². The third-order valence-electron chi connectivity index (χ3n) is 3.78. The smallest absolute Gasteiger partial charge is 0.274 e. The minimum absolute atomic E-state index is 0.270. The Morgan fingerprint density at radius 3 is 2.28 bits per heavy atom. The Balaban J connectivity index is 0.000000701. The molecule has 25 heavy (non-hydrogen) atoms.